The van der Waals surface area contributed by atoms with E-state index in [1.807, 2.05) is 0 Å². The maximum absolute atomic E-state index is 11.7. The van der Waals surface area contributed by atoms with Crippen LogP contribution in [0.15, 0.2) is 48.5 Å². The number of nitrogens with zero attached hydrogens (tertiary/aromatic N) is 1. The third-order valence-electron chi connectivity index (χ3n) is 2.36. The summed E-state index contributed by atoms with van der Waals surface area (Å²) in [6.45, 7) is 0. The summed E-state index contributed by atoms with van der Waals surface area (Å²) in [7, 11) is 0. The molecule has 0 aliphatic rings. The number of benzene rings is 2. The summed E-state index contributed by atoms with van der Waals surface area (Å²) in [5, 5.41) is 13.7. The zero-order valence-electron chi connectivity index (χ0n) is 10.1. The maximum Gasteiger partial charge on any atom is 0.417 e. The molecular formula is C13H9ClN2O4. The number of carbonyl (C=O) groups excluding carboxylic acids is 1. The average Bonchev–Trinajstić information content (AvgIpc) is 2.41. The number of amides is 1. The number of nitro groups is 1. The lowest BCUT2D eigenvalue weighted by Gasteiger charge is -2.06. The summed E-state index contributed by atoms with van der Waals surface area (Å²) >= 11 is 5.71. The molecule has 2 rings (SSSR count). The molecule has 0 aliphatic carbocycles. The fraction of sp³-hybridized carbons (Fsp3) is 0. The van der Waals surface area contributed by atoms with E-state index in [0.717, 1.165) is 0 Å². The van der Waals surface area contributed by atoms with E-state index >= 15 is 0 Å². The van der Waals surface area contributed by atoms with Gasteiger partial charge in [-0.05, 0) is 30.3 Å². The van der Waals surface area contributed by atoms with Crippen LogP contribution in [0.4, 0.5) is 16.2 Å². The van der Waals surface area contributed by atoms with Gasteiger partial charge in [-0.25, -0.2) is 4.79 Å². The first kappa shape index (κ1) is 13.8. The van der Waals surface area contributed by atoms with Gasteiger partial charge >= 0.3 is 11.8 Å². The molecule has 0 fully saturated rings. The minimum absolute atomic E-state index is 0.121. The lowest BCUT2D eigenvalue weighted by molar-refractivity contribution is -0.385. The van der Waals surface area contributed by atoms with Crippen LogP contribution in [-0.2, 0) is 0 Å². The summed E-state index contributed by atoms with van der Waals surface area (Å²) in [5.74, 6) is -0.121. The molecule has 0 heterocycles. The van der Waals surface area contributed by atoms with Crippen LogP contribution < -0.4 is 10.1 Å². The number of nitrogens with one attached hydrogen (secondary N) is 1. The number of para-hydroxylation sites is 2. The van der Waals surface area contributed by atoms with Gasteiger partial charge < -0.3 is 4.74 Å². The molecular weight excluding hydrogens is 284 g/mol. The second kappa shape index (κ2) is 6.03. The molecule has 0 spiro atoms. The number of carbonyl (C=O) groups is 1. The Kier molecular flexibility index (Phi) is 4.17. The molecule has 0 aromatic heterocycles. The molecule has 0 atom stereocenters. The lowest BCUT2D eigenvalue weighted by atomic mass is 10.3. The van der Waals surface area contributed by atoms with Crippen LogP contribution in [0.5, 0.6) is 5.75 Å². The quantitative estimate of drug-likeness (QED) is 0.688. The van der Waals surface area contributed by atoms with Gasteiger partial charge in [0.1, 0.15) is 0 Å². The van der Waals surface area contributed by atoms with E-state index in [4.69, 9.17) is 16.3 Å². The van der Waals surface area contributed by atoms with Crippen LogP contribution >= 0.6 is 11.6 Å². The lowest BCUT2D eigenvalue weighted by Crippen LogP contribution is -2.17. The zero-order chi connectivity index (χ0) is 14.5. The molecule has 20 heavy (non-hydrogen) atoms. The molecule has 102 valence electrons. The Morgan fingerprint density at radius 2 is 1.80 bits per heavy atom. The van der Waals surface area contributed by atoms with Gasteiger partial charge in [-0.3, -0.25) is 15.4 Å². The minimum Gasteiger partial charge on any atom is -0.403 e. The van der Waals surface area contributed by atoms with Gasteiger partial charge in [0, 0.05) is 16.8 Å². The van der Waals surface area contributed by atoms with Crippen molar-refractivity contribution in [2.24, 2.45) is 0 Å². The molecule has 1 N–H and O–H groups in total. The van der Waals surface area contributed by atoms with Crippen LogP contribution in [0.1, 0.15) is 0 Å². The van der Waals surface area contributed by atoms with Gasteiger partial charge in [0.05, 0.1) is 4.92 Å². The zero-order valence-corrected chi connectivity index (χ0v) is 10.8. The van der Waals surface area contributed by atoms with Gasteiger partial charge in [0.25, 0.3) is 0 Å². The predicted molar refractivity (Wildman–Crippen MR) is 74.2 cm³/mol. The van der Waals surface area contributed by atoms with Crippen LogP contribution in [0.2, 0.25) is 5.02 Å². The second-order valence-corrected chi connectivity index (χ2v) is 4.18. The standard InChI is InChI=1S/C13H9ClN2O4/c14-9-5-7-10(8-6-9)15-13(17)20-12-4-2-1-3-11(12)16(18)19/h1-8H,(H,15,17). The largest absolute Gasteiger partial charge is 0.417 e. The van der Waals surface area contributed by atoms with Gasteiger partial charge in [-0.1, -0.05) is 23.7 Å². The molecule has 0 saturated heterocycles. The topological polar surface area (TPSA) is 81.5 Å². The van der Waals surface area contributed by atoms with Crippen LogP contribution in [-0.4, -0.2) is 11.0 Å². The Balaban J connectivity index is 2.08. The smallest absolute Gasteiger partial charge is 0.403 e. The first-order chi connectivity index (χ1) is 9.56. The molecule has 0 unspecified atom stereocenters. The number of nitro benzene ring substituents is 1. The second-order valence-electron chi connectivity index (χ2n) is 3.75. The van der Waals surface area contributed by atoms with E-state index in [-0.39, 0.29) is 11.4 Å². The first-order valence-corrected chi connectivity index (χ1v) is 5.92. The van der Waals surface area contributed by atoms with Crippen LogP contribution in [0.3, 0.4) is 0 Å². The van der Waals surface area contributed by atoms with E-state index in [1.54, 1.807) is 24.3 Å². The fourth-order valence-electron chi connectivity index (χ4n) is 1.47. The van der Waals surface area contributed by atoms with Crippen LogP contribution in [0.25, 0.3) is 0 Å². The van der Waals surface area contributed by atoms with Crippen molar-refractivity contribution in [1.82, 2.24) is 0 Å². The number of hydrogen-bond donors (Lipinski definition) is 1. The third-order valence-corrected chi connectivity index (χ3v) is 2.61. The van der Waals surface area contributed by atoms with Crippen molar-refractivity contribution >= 4 is 29.1 Å². The third kappa shape index (κ3) is 3.46. The SMILES string of the molecule is O=C(Nc1ccc(Cl)cc1)Oc1ccccc1[N+](=O)[O-]. The van der Waals surface area contributed by atoms with Crippen molar-refractivity contribution in [3.63, 3.8) is 0 Å². The molecule has 7 heteroatoms. The number of halogens is 1. The van der Waals surface area contributed by atoms with Crippen LogP contribution in [0, 0.1) is 10.1 Å². The normalized spacial score (nSPS) is 9.85. The summed E-state index contributed by atoms with van der Waals surface area (Å²) < 4.78 is 4.92. The molecule has 0 saturated carbocycles. The number of ether oxygens (including phenoxy) is 1. The molecule has 6 nitrogen and oxygen atoms in total. The number of anilines is 1. The Morgan fingerprint density at radius 3 is 2.45 bits per heavy atom. The highest BCUT2D eigenvalue weighted by Crippen LogP contribution is 2.26. The Morgan fingerprint density at radius 1 is 1.15 bits per heavy atom. The minimum atomic E-state index is -0.818. The average molecular weight is 293 g/mol. The Bertz CT molecular complexity index is 643. The van der Waals surface area contributed by atoms with Crippen molar-refractivity contribution < 1.29 is 14.5 Å². The highest BCUT2D eigenvalue weighted by Gasteiger charge is 2.16. The molecule has 0 radical (unpaired) electrons. The number of rotatable bonds is 3. The molecule has 0 bridgehead atoms. The fourth-order valence-corrected chi connectivity index (χ4v) is 1.60. The van der Waals surface area contributed by atoms with Gasteiger partial charge in [-0.15, -0.1) is 0 Å². The van der Waals surface area contributed by atoms with Crippen molar-refractivity contribution in [2.75, 3.05) is 5.32 Å². The van der Waals surface area contributed by atoms with Crippen molar-refractivity contribution in [3.8, 4) is 5.75 Å². The van der Waals surface area contributed by atoms with Gasteiger partial charge in [0.15, 0.2) is 0 Å². The first-order valence-electron chi connectivity index (χ1n) is 5.54. The number of hydrogen-bond acceptors (Lipinski definition) is 4. The van der Waals surface area contributed by atoms with E-state index in [2.05, 4.69) is 5.32 Å². The van der Waals surface area contributed by atoms with E-state index in [1.165, 1.54) is 24.3 Å². The highest BCUT2D eigenvalue weighted by molar-refractivity contribution is 6.30. The van der Waals surface area contributed by atoms with Crippen molar-refractivity contribution in [3.05, 3.63) is 63.7 Å². The summed E-state index contributed by atoms with van der Waals surface area (Å²) in [6.07, 6.45) is -0.818. The van der Waals surface area contributed by atoms with E-state index in [9.17, 15) is 14.9 Å². The van der Waals surface area contributed by atoms with E-state index < -0.39 is 11.0 Å². The van der Waals surface area contributed by atoms with E-state index in [0.29, 0.717) is 10.7 Å². The Labute approximate surface area is 119 Å². The van der Waals surface area contributed by atoms with Gasteiger partial charge in [-0.2, -0.15) is 0 Å². The summed E-state index contributed by atoms with van der Waals surface area (Å²) in [4.78, 5) is 21.8. The summed E-state index contributed by atoms with van der Waals surface area (Å²) in [5.41, 5.74) is 0.191. The van der Waals surface area contributed by atoms with Crippen molar-refractivity contribution in [2.45, 2.75) is 0 Å². The highest BCUT2D eigenvalue weighted by atomic mass is 35.5. The molecule has 1 amide bonds. The summed E-state index contributed by atoms with van der Waals surface area (Å²) in [6, 6.07) is 12.0. The van der Waals surface area contributed by atoms with Crippen molar-refractivity contribution in [1.29, 1.82) is 0 Å². The maximum atomic E-state index is 11.7. The molecule has 0 aliphatic heterocycles. The Hall–Kier alpha value is -2.60. The predicted octanol–water partition coefficient (Wildman–Crippen LogP) is 3.86. The monoisotopic (exact) mass is 292 g/mol. The molecule has 2 aromatic carbocycles. The van der Waals surface area contributed by atoms with Gasteiger partial charge in [0.2, 0.25) is 5.75 Å². The molecule has 2 aromatic rings.